The fourth-order valence-corrected chi connectivity index (χ4v) is 2.47. The van der Waals surface area contributed by atoms with Crippen LogP contribution >= 0.6 is 22.6 Å². The lowest BCUT2D eigenvalue weighted by Crippen LogP contribution is -1.80. The van der Waals surface area contributed by atoms with Crippen molar-refractivity contribution in [3.05, 3.63) is 40.0 Å². The fraction of sp³-hybridized carbons (Fsp3) is 0.0769. The number of rotatable bonds is 1. The second-order valence-electron chi connectivity index (χ2n) is 3.73. The van der Waals surface area contributed by atoms with E-state index in [2.05, 4.69) is 57.9 Å². The van der Waals surface area contributed by atoms with Crippen LogP contribution in [-0.2, 0) is 0 Å². The van der Waals surface area contributed by atoms with Gasteiger partial charge in [0.1, 0.15) is 5.75 Å². The average molecular weight is 323 g/mol. The molecule has 16 heavy (non-hydrogen) atoms. The molecular weight excluding hydrogens is 313 g/mol. The van der Waals surface area contributed by atoms with Gasteiger partial charge in [0.25, 0.3) is 0 Å². The van der Waals surface area contributed by atoms with Crippen LogP contribution < -0.4 is 4.74 Å². The van der Waals surface area contributed by atoms with Crippen molar-refractivity contribution in [3.63, 3.8) is 0 Å². The summed E-state index contributed by atoms with van der Waals surface area (Å²) in [6.07, 6.45) is 0. The quantitative estimate of drug-likeness (QED) is 0.674. The molecule has 0 saturated heterocycles. The molecule has 0 radical (unpaired) electrons. The molecular formula is C13H10INO. The largest absolute Gasteiger partial charge is 0.497 e. The van der Waals surface area contributed by atoms with Crippen molar-refractivity contribution in [1.29, 1.82) is 0 Å². The number of nitrogens with one attached hydrogen (secondary N) is 1. The van der Waals surface area contributed by atoms with Crippen LogP contribution in [0, 0.1) is 3.57 Å². The Labute approximate surface area is 107 Å². The van der Waals surface area contributed by atoms with Crippen LogP contribution in [0.25, 0.3) is 21.8 Å². The topological polar surface area (TPSA) is 25.0 Å². The maximum absolute atomic E-state index is 5.26. The molecule has 0 atom stereocenters. The average Bonchev–Trinajstić information content (AvgIpc) is 2.66. The molecule has 3 heteroatoms. The van der Waals surface area contributed by atoms with Crippen LogP contribution in [0.5, 0.6) is 5.75 Å². The summed E-state index contributed by atoms with van der Waals surface area (Å²) in [6, 6.07) is 12.5. The van der Waals surface area contributed by atoms with Gasteiger partial charge in [-0.05, 0) is 59.0 Å². The van der Waals surface area contributed by atoms with Gasteiger partial charge in [-0.3, -0.25) is 0 Å². The van der Waals surface area contributed by atoms with Crippen LogP contribution in [0.3, 0.4) is 0 Å². The van der Waals surface area contributed by atoms with Crippen LogP contribution in [0.15, 0.2) is 36.4 Å². The molecule has 0 bridgehead atoms. The molecule has 0 unspecified atom stereocenters. The molecule has 2 nitrogen and oxygen atoms in total. The minimum Gasteiger partial charge on any atom is -0.497 e. The highest BCUT2D eigenvalue weighted by molar-refractivity contribution is 14.1. The first-order chi connectivity index (χ1) is 7.78. The van der Waals surface area contributed by atoms with Crippen molar-refractivity contribution in [2.75, 3.05) is 7.11 Å². The van der Waals surface area contributed by atoms with Crippen LogP contribution in [-0.4, -0.2) is 12.1 Å². The molecule has 3 aromatic rings. The maximum Gasteiger partial charge on any atom is 0.119 e. The molecule has 0 spiro atoms. The summed E-state index contributed by atoms with van der Waals surface area (Å²) in [5, 5.41) is 2.47. The number of H-pyrrole nitrogens is 1. The number of methoxy groups -OCH3 is 1. The number of hydrogen-bond acceptors (Lipinski definition) is 1. The predicted molar refractivity (Wildman–Crippen MR) is 75.1 cm³/mol. The van der Waals surface area contributed by atoms with Gasteiger partial charge >= 0.3 is 0 Å². The number of ether oxygens (including phenoxy) is 1. The second-order valence-corrected chi connectivity index (χ2v) is 4.97. The smallest absolute Gasteiger partial charge is 0.119 e. The Morgan fingerprint density at radius 3 is 2.44 bits per heavy atom. The predicted octanol–water partition coefficient (Wildman–Crippen LogP) is 3.93. The lowest BCUT2D eigenvalue weighted by molar-refractivity contribution is 0.415. The Morgan fingerprint density at radius 1 is 1.00 bits per heavy atom. The molecule has 80 valence electrons. The van der Waals surface area contributed by atoms with Crippen LogP contribution in [0.4, 0.5) is 0 Å². The van der Waals surface area contributed by atoms with E-state index in [0.29, 0.717) is 0 Å². The molecule has 3 rings (SSSR count). The molecule has 0 amide bonds. The highest BCUT2D eigenvalue weighted by Crippen LogP contribution is 2.29. The van der Waals surface area contributed by atoms with Crippen molar-refractivity contribution in [1.82, 2.24) is 4.98 Å². The van der Waals surface area contributed by atoms with Gasteiger partial charge in [0, 0.05) is 25.4 Å². The van der Waals surface area contributed by atoms with Gasteiger partial charge in [-0.2, -0.15) is 0 Å². The zero-order valence-electron chi connectivity index (χ0n) is 8.75. The number of aromatic nitrogens is 1. The second kappa shape index (κ2) is 3.66. The number of aromatic amines is 1. The zero-order chi connectivity index (χ0) is 11.1. The van der Waals surface area contributed by atoms with E-state index in [9.17, 15) is 0 Å². The fourth-order valence-electron chi connectivity index (χ4n) is 1.98. The van der Waals surface area contributed by atoms with Crippen LogP contribution in [0.1, 0.15) is 0 Å². The highest BCUT2D eigenvalue weighted by atomic mass is 127. The maximum atomic E-state index is 5.26. The van der Waals surface area contributed by atoms with E-state index in [4.69, 9.17) is 4.74 Å². The van der Waals surface area contributed by atoms with E-state index in [1.165, 1.54) is 19.9 Å². The van der Waals surface area contributed by atoms with Gasteiger partial charge in [0.2, 0.25) is 0 Å². The first kappa shape index (κ1) is 9.96. The summed E-state index contributed by atoms with van der Waals surface area (Å²) in [5.74, 6) is 0.896. The number of benzene rings is 2. The Kier molecular flexibility index (Phi) is 2.28. The number of halogens is 1. The third-order valence-corrected chi connectivity index (χ3v) is 3.44. The molecule has 1 N–H and O–H groups in total. The van der Waals surface area contributed by atoms with Gasteiger partial charge in [-0.25, -0.2) is 0 Å². The SMILES string of the molecule is COc1ccc2[nH]c3ccc(I)cc3c2c1. The van der Waals surface area contributed by atoms with E-state index < -0.39 is 0 Å². The van der Waals surface area contributed by atoms with Crippen molar-refractivity contribution in [2.45, 2.75) is 0 Å². The third-order valence-electron chi connectivity index (χ3n) is 2.77. The zero-order valence-corrected chi connectivity index (χ0v) is 10.9. The number of fused-ring (bicyclic) bond motifs is 3. The minimum atomic E-state index is 0.896. The lowest BCUT2D eigenvalue weighted by atomic mass is 10.1. The van der Waals surface area contributed by atoms with Crippen molar-refractivity contribution in [2.24, 2.45) is 0 Å². The van der Waals surface area contributed by atoms with Gasteiger partial charge in [0.15, 0.2) is 0 Å². The van der Waals surface area contributed by atoms with Gasteiger partial charge in [-0.1, -0.05) is 0 Å². The summed E-state index contributed by atoms with van der Waals surface area (Å²) in [5.41, 5.74) is 2.32. The van der Waals surface area contributed by atoms with Gasteiger partial charge < -0.3 is 9.72 Å². The first-order valence-electron chi connectivity index (χ1n) is 5.03. The molecule has 0 aliphatic carbocycles. The Balaban J connectivity index is 2.44. The molecule has 2 aromatic carbocycles. The third kappa shape index (κ3) is 1.46. The van der Waals surface area contributed by atoms with E-state index >= 15 is 0 Å². The summed E-state index contributed by atoms with van der Waals surface area (Å²) < 4.78 is 6.50. The monoisotopic (exact) mass is 323 g/mol. The molecule has 1 aromatic heterocycles. The molecule has 0 saturated carbocycles. The molecule has 0 aliphatic rings. The summed E-state index contributed by atoms with van der Waals surface area (Å²) >= 11 is 2.33. The van der Waals surface area contributed by atoms with Gasteiger partial charge in [-0.15, -0.1) is 0 Å². The molecule has 0 aliphatic heterocycles. The normalized spacial score (nSPS) is 11.1. The van der Waals surface area contributed by atoms with E-state index in [1.54, 1.807) is 7.11 Å². The van der Waals surface area contributed by atoms with Crippen molar-refractivity contribution >= 4 is 44.4 Å². The summed E-state index contributed by atoms with van der Waals surface area (Å²) in [6.45, 7) is 0. The molecule has 0 fully saturated rings. The van der Waals surface area contributed by atoms with Crippen molar-refractivity contribution < 1.29 is 4.74 Å². The van der Waals surface area contributed by atoms with Crippen LogP contribution in [0.2, 0.25) is 0 Å². The first-order valence-corrected chi connectivity index (χ1v) is 6.11. The highest BCUT2D eigenvalue weighted by Gasteiger charge is 2.05. The summed E-state index contributed by atoms with van der Waals surface area (Å²) in [7, 11) is 1.69. The van der Waals surface area contributed by atoms with Gasteiger partial charge in [0.05, 0.1) is 7.11 Å². The van der Waals surface area contributed by atoms with E-state index in [1.807, 2.05) is 6.07 Å². The van der Waals surface area contributed by atoms with E-state index in [0.717, 1.165) is 11.3 Å². The minimum absolute atomic E-state index is 0.896. The Hall–Kier alpha value is -1.23. The van der Waals surface area contributed by atoms with E-state index in [-0.39, 0.29) is 0 Å². The standard InChI is InChI=1S/C13H10INO/c1-16-9-3-5-13-11(7-9)10-6-8(14)2-4-12(10)15-13/h2-7,15H,1H3. The Morgan fingerprint density at radius 2 is 1.69 bits per heavy atom. The Bertz CT molecular complexity index is 672. The number of hydrogen-bond donors (Lipinski definition) is 1. The van der Waals surface area contributed by atoms with Crippen molar-refractivity contribution in [3.8, 4) is 5.75 Å². The summed E-state index contributed by atoms with van der Waals surface area (Å²) in [4.78, 5) is 3.40. The molecule has 1 heterocycles. The lowest BCUT2D eigenvalue weighted by Gasteiger charge is -1.98.